The fraction of sp³-hybridized carbons (Fsp3) is 0.875. The highest BCUT2D eigenvalue weighted by Crippen LogP contribution is 2.21. The Bertz CT molecular complexity index is 275. The monoisotopic (exact) mass is 197 g/mol. The van der Waals surface area contributed by atoms with Crippen LogP contribution in [0, 0.1) is 0 Å². The van der Waals surface area contributed by atoms with Gasteiger partial charge in [-0.25, -0.2) is 0 Å². The average molecular weight is 197 g/mol. The number of rotatable bonds is 3. The molecule has 1 saturated heterocycles. The Kier molecular flexibility index (Phi) is 2.62. The molecule has 1 aromatic rings. The molecule has 1 aromatic heterocycles. The van der Waals surface area contributed by atoms with Gasteiger partial charge in [0.15, 0.2) is 0 Å². The fourth-order valence-corrected chi connectivity index (χ4v) is 1.71. The normalized spacial score (nSPS) is 26.7. The first kappa shape index (κ1) is 9.39. The first-order chi connectivity index (χ1) is 6.81. The number of aromatic amines is 1. The molecule has 6 nitrogen and oxygen atoms in total. The van der Waals surface area contributed by atoms with E-state index < -0.39 is 0 Å². The van der Waals surface area contributed by atoms with Gasteiger partial charge in [0.1, 0.15) is 0 Å². The van der Waals surface area contributed by atoms with E-state index in [1.54, 1.807) is 0 Å². The Morgan fingerprint density at radius 2 is 2.50 bits per heavy atom. The Balaban J connectivity index is 1.97. The van der Waals surface area contributed by atoms with Crippen molar-refractivity contribution in [1.82, 2.24) is 20.6 Å². The minimum atomic E-state index is 0.373. The van der Waals surface area contributed by atoms with Crippen molar-refractivity contribution in [3.05, 3.63) is 0 Å². The minimum Gasteiger partial charge on any atom is -0.376 e. The number of hydrogen-bond donors (Lipinski definition) is 1. The summed E-state index contributed by atoms with van der Waals surface area (Å²) in [5.74, 6) is 0.635. The molecule has 0 spiro atoms. The highest BCUT2D eigenvalue weighted by atomic mass is 16.5. The predicted molar refractivity (Wildman–Crippen MR) is 51.0 cm³/mol. The molecule has 2 rings (SSSR count). The summed E-state index contributed by atoms with van der Waals surface area (Å²) in [5.41, 5.74) is 0. The van der Waals surface area contributed by atoms with Gasteiger partial charge < -0.3 is 9.64 Å². The lowest BCUT2D eigenvalue weighted by Gasteiger charge is -2.20. The fourth-order valence-electron chi connectivity index (χ4n) is 1.71. The van der Waals surface area contributed by atoms with Crippen molar-refractivity contribution >= 4 is 5.95 Å². The van der Waals surface area contributed by atoms with Crippen LogP contribution in [0.3, 0.4) is 0 Å². The molecule has 0 aliphatic carbocycles. The second kappa shape index (κ2) is 3.91. The zero-order valence-electron chi connectivity index (χ0n) is 8.47. The third-order valence-corrected chi connectivity index (χ3v) is 2.71. The van der Waals surface area contributed by atoms with E-state index in [9.17, 15) is 0 Å². The van der Waals surface area contributed by atoms with E-state index in [2.05, 4.69) is 27.5 Å². The number of likely N-dealkylation sites (N-methyl/N-ethyl adjacent to an activating group) is 1. The molecule has 0 aromatic carbocycles. The highest BCUT2D eigenvalue weighted by Gasteiger charge is 2.28. The standard InChI is InChI=1S/C8H15N5O/c1-3-7-4-6(5-14-7)13(2)8-9-11-12-10-8/h6-7H,3-5H2,1-2H3,(H,9,10,11,12). The molecule has 0 amide bonds. The minimum absolute atomic E-state index is 0.373. The molecular weight excluding hydrogens is 182 g/mol. The van der Waals surface area contributed by atoms with Crippen molar-refractivity contribution in [3.8, 4) is 0 Å². The van der Waals surface area contributed by atoms with Crippen LogP contribution in [0.5, 0.6) is 0 Å². The average Bonchev–Trinajstić information content (AvgIpc) is 2.88. The Morgan fingerprint density at radius 1 is 1.64 bits per heavy atom. The van der Waals surface area contributed by atoms with Gasteiger partial charge >= 0.3 is 0 Å². The molecule has 1 aliphatic rings. The lowest BCUT2D eigenvalue weighted by atomic mass is 10.1. The molecule has 2 heterocycles. The van der Waals surface area contributed by atoms with Crippen LogP contribution in [0.2, 0.25) is 0 Å². The Morgan fingerprint density at radius 3 is 3.07 bits per heavy atom. The maximum absolute atomic E-state index is 5.61. The number of nitrogens with zero attached hydrogens (tertiary/aromatic N) is 4. The lowest BCUT2D eigenvalue weighted by molar-refractivity contribution is 0.107. The SMILES string of the molecule is CCC1CC(N(C)c2nn[nH]n2)CO1. The summed E-state index contributed by atoms with van der Waals surface area (Å²) < 4.78 is 5.61. The summed E-state index contributed by atoms with van der Waals surface area (Å²) in [7, 11) is 1.97. The lowest BCUT2D eigenvalue weighted by Crippen LogP contribution is -2.32. The Labute approximate surface area is 82.6 Å². The van der Waals surface area contributed by atoms with E-state index in [-0.39, 0.29) is 0 Å². The number of nitrogens with one attached hydrogen (secondary N) is 1. The van der Waals surface area contributed by atoms with Gasteiger partial charge in [0, 0.05) is 7.05 Å². The van der Waals surface area contributed by atoms with Gasteiger partial charge in [-0.3, -0.25) is 0 Å². The molecule has 6 heteroatoms. The summed E-state index contributed by atoms with van der Waals surface area (Å²) in [6, 6.07) is 0.373. The summed E-state index contributed by atoms with van der Waals surface area (Å²) in [6.45, 7) is 2.89. The number of anilines is 1. The van der Waals surface area contributed by atoms with Crippen LogP contribution in [0.15, 0.2) is 0 Å². The maximum atomic E-state index is 5.61. The molecule has 0 radical (unpaired) electrons. The molecule has 1 N–H and O–H groups in total. The van der Waals surface area contributed by atoms with Crippen molar-refractivity contribution in [1.29, 1.82) is 0 Å². The number of hydrogen-bond acceptors (Lipinski definition) is 5. The Hall–Kier alpha value is -1.17. The second-order valence-electron chi connectivity index (χ2n) is 3.58. The molecule has 14 heavy (non-hydrogen) atoms. The van der Waals surface area contributed by atoms with Crippen molar-refractivity contribution in [2.45, 2.75) is 31.9 Å². The zero-order valence-corrected chi connectivity index (χ0v) is 8.47. The van der Waals surface area contributed by atoms with Gasteiger partial charge in [-0.15, -0.1) is 5.10 Å². The molecule has 0 saturated carbocycles. The molecule has 0 bridgehead atoms. The summed E-state index contributed by atoms with van der Waals surface area (Å²) in [6.07, 6.45) is 2.49. The molecular formula is C8H15N5O. The third kappa shape index (κ3) is 1.70. The van der Waals surface area contributed by atoms with Crippen LogP contribution < -0.4 is 4.90 Å². The molecule has 2 atom stereocenters. The van der Waals surface area contributed by atoms with Crippen LogP contribution in [0.25, 0.3) is 0 Å². The number of aromatic nitrogens is 4. The summed E-state index contributed by atoms with van der Waals surface area (Å²) in [4.78, 5) is 2.01. The first-order valence-electron chi connectivity index (χ1n) is 4.89. The maximum Gasteiger partial charge on any atom is 0.265 e. The van der Waals surface area contributed by atoms with E-state index in [1.807, 2.05) is 11.9 Å². The predicted octanol–water partition coefficient (Wildman–Crippen LogP) is 0.203. The van der Waals surface area contributed by atoms with Gasteiger partial charge in [-0.05, 0) is 18.1 Å². The van der Waals surface area contributed by atoms with Crippen LogP contribution in [0.1, 0.15) is 19.8 Å². The van der Waals surface area contributed by atoms with Gasteiger partial charge in [0.2, 0.25) is 0 Å². The van der Waals surface area contributed by atoms with Crippen molar-refractivity contribution in [3.63, 3.8) is 0 Å². The summed E-state index contributed by atoms with van der Waals surface area (Å²) >= 11 is 0. The van der Waals surface area contributed by atoms with Crippen LogP contribution in [0.4, 0.5) is 5.95 Å². The van der Waals surface area contributed by atoms with E-state index in [1.165, 1.54) is 0 Å². The third-order valence-electron chi connectivity index (χ3n) is 2.71. The topological polar surface area (TPSA) is 66.9 Å². The highest BCUT2D eigenvalue weighted by molar-refractivity contribution is 5.26. The van der Waals surface area contributed by atoms with Crippen molar-refractivity contribution in [2.75, 3.05) is 18.6 Å². The number of tetrazole rings is 1. The number of H-pyrrole nitrogens is 1. The van der Waals surface area contributed by atoms with Crippen molar-refractivity contribution < 1.29 is 4.74 Å². The van der Waals surface area contributed by atoms with E-state index >= 15 is 0 Å². The second-order valence-corrected chi connectivity index (χ2v) is 3.58. The van der Waals surface area contributed by atoms with Gasteiger partial charge in [-0.1, -0.05) is 12.0 Å². The largest absolute Gasteiger partial charge is 0.376 e. The van der Waals surface area contributed by atoms with E-state index in [0.717, 1.165) is 19.4 Å². The van der Waals surface area contributed by atoms with Crippen LogP contribution in [-0.4, -0.2) is 46.4 Å². The van der Waals surface area contributed by atoms with E-state index in [4.69, 9.17) is 4.74 Å². The number of ether oxygens (including phenoxy) is 1. The molecule has 2 unspecified atom stereocenters. The molecule has 1 aliphatic heterocycles. The van der Waals surface area contributed by atoms with Gasteiger partial charge in [0.05, 0.1) is 18.8 Å². The molecule has 1 fully saturated rings. The van der Waals surface area contributed by atoms with Crippen molar-refractivity contribution in [2.24, 2.45) is 0 Å². The van der Waals surface area contributed by atoms with Crippen LogP contribution >= 0.6 is 0 Å². The summed E-state index contributed by atoms with van der Waals surface area (Å²) in [5, 5.41) is 13.9. The van der Waals surface area contributed by atoms with Gasteiger partial charge in [0.25, 0.3) is 5.95 Å². The van der Waals surface area contributed by atoms with Gasteiger partial charge in [-0.2, -0.15) is 5.21 Å². The molecule has 78 valence electrons. The smallest absolute Gasteiger partial charge is 0.265 e. The van der Waals surface area contributed by atoms with Crippen LogP contribution in [-0.2, 0) is 4.74 Å². The first-order valence-corrected chi connectivity index (χ1v) is 4.89. The zero-order chi connectivity index (χ0) is 9.97. The van der Waals surface area contributed by atoms with E-state index in [0.29, 0.717) is 18.1 Å². The quantitative estimate of drug-likeness (QED) is 0.750.